The summed E-state index contributed by atoms with van der Waals surface area (Å²) in [6.07, 6.45) is 2.63. The molecule has 0 aliphatic rings. The van der Waals surface area contributed by atoms with Gasteiger partial charge in [0.25, 0.3) is 11.5 Å². The Labute approximate surface area is 175 Å². The number of benzene rings is 2. The molecule has 30 heavy (non-hydrogen) atoms. The Kier molecular flexibility index (Phi) is 5.19. The summed E-state index contributed by atoms with van der Waals surface area (Å²) in [6, 6.07) is 18.5. The van der Waals surface area contributed by atoms with Crippen LogP contribution in [0.3, 0.4) is 0 Å². The summed E-state index contributed by atoms with van der Waals surface area (Å²) in [7, 11) is 1.78. The number of nitrogens with one attached hydrogen (secondary N) is 1. The van der Waals surface area contributed by atoms with E-state index < -0.39 is 0 Å². The Bertz CT molecular complexity index is 1310. The number of hydrogen-bond acceptors (Lipinski definition) is 3. The Morgan fingerprint density at radius 1 is 1.03 bits per heavy atom. The predicted octanol–water partition coefficient (Wildman–Crippen LogP) is 4.72. The topological polar surface area (TPSA) is 64.0 Å². The highest BCUT2D eigenvalue weighted by molar-refractivity contribution is 6.04. The van der Waals surface area contributed by atoms with Gasteiger partial charge in [-0.2, -0.15) is 0 Å². The van der Waals surface area contributed by atoms with E-state index >= 15 is 0 Å². The zero-order chi connectivity index (χ0) is 21.3. The van der Waals surface area contributed by atoms with Gasteiger partial charge in [0.05, 0.1) is 5.52 Å². The quantitative estimate of drug-likeness (QED) is 0.542. The number of anilines is 1. The minimum atomic E-state index is -0.187. The van der Waals surface area contributed by atoms with Crippen molar-refractivity contribution >= 4 is 22.5 Å². The molecule has 1 N–H and O–H groups in total. The van der Waals surface area contributed by atoms with Crippen LogP contribution in [0, 0.1) is 6.92 Å². The second kappa shape index (κ2) is 7.95. The third-order valence-electron chi connectivity index (χ3n) is 5.35. The van der Waals surface area contributed by atoms with Gasteiger partial charge in [0.2, 0.25) is 0 Å². The van der Waals surface area contributed by atoms with E-state index in [4.69, 9.17) is 0 Å². The monoisotopic (exact) mass is 397 g/mol. The number of carbonyl (C=O) groups is 1. The molecule has 5 heteroatoms. The van der Waals surface area contributed by atoms with Gasteiger partial charge >= 0.3 is 0 Å². The number of nitrogens with zero attached hydrogens (tertiary/aromatic N) is 2. The van der Waals surface area contributed by atoms with E-state index in [2.05, 4.69) is 10.3 Å². The van der Waals surface area contributed by atoms with Crippen LogP contribution >= 0.6 is 0 Å². The smallest absolute Gasteiger partial charge is 0.258 e. The number of fused-ring (bicyclic) bond motifs is 1. The summed E-state index contributed by atoms with van der Waals surface area (Å²) in [5, 5.41) is 3.83. The zero-order valence-electron chi connectivity index (χ0n) is 17.3. The van der Waals surface area contributed by atoms with E-state index in [0.29, 0.717) is 16.8 Å². The summed E-state index contributed by atoms with van der Waals surface area (Å²) >= 11 is 0. The molecule has 0 atom stereocenters. The van der Waals surface area contributed by atoms with Gasteiger partial charge in [-0.25, -0.2) is 0 Å². The van der Waals surface area contributed by atoms with Crippen LogP contribution in [0.4, 0.5) is 5.69 Å². The van der Waals surface area contributed by atoms with E-state index in [1.807, 2.05) is 68.6 Å². The van der Waals surface area contributed by atoms with Crippen molar-refractivity contribution < 1.29 is 4.79 Å². The molecule has 0 bridgehead atoms. The van der Waals surface area contributed by atoms with Gasteiger partial charge in [0.15, 0.2) is 0 Å². The summed E-state index contributed by atoms with van der Waals surface area (Å²) in [6.45, 7) is 4.00. The highest BCUT2D eigenvalue weighted by Gasteiger charge is 2.14. The number of pyridine rings is 2. The molecule has 2 heterocycles. The van der Waals surface area contributed by atoms with Crippen molar-refractivity contribution in [1.82, 2.24) is 9.55 Å². The Balaban J connectivity index is 1.78. The molecule has 2 aromatic heterocycles. The normalized spacial score (nSPS) is 10.9. The summed E-state index contributed by atoms with van der Waals surface area (Å²) in [5.41, 5.74) is 5.30. The molecule has 150 valence electrons. The van der Waals surface area contributed by atoms with E-state index in [-0.39, 0.29) is 11.5 Å². The second-order valence-corrected chi connectivity index (χ2v) is 7.36. The highest BCUT2D eigenvalue weighted by atomic mass is 16.1. The fourth-order valence-corrected chi connectivity index (χ4v) is 3.58. The maximum absolute atomic E-state index is 13.1. The third-order valence-corrected chi connectivity index (χ3v) is 5.35. The summed E-state index contributed by atoms with van der Waals surface area (Å²) < 4.78 is 1.67. The van der Waals surface area contributed by atoms with Crippen LogP contribution in [0.15, 0.2) is 71.7 Å². The predicted molar refractivity (Wildman–Crippen MR) is 121 cm³/mol. The average Bonchev–Trinajstić information content (AvgIpc) is 2.78. The van der Waals surface area contributed by atoms with Crippen LogP contribution in [-0.4, -0.2) is 15.5 Å². The van der Waals surface area contributed by atoms with Crippen molar-refractivity contribution in [3.63, 3.8) is 0 Å². The first-order chi connectivity index (χ1) is 14.5. The van der Waals surface area contributed by atoms with Crippen molar-refractivity contribution in [2.24, 2.45) is 7.05 Å². The lowest BCUT2D eigenvalue weighted by atomic mass is 9.99. The van der Waals surface area contributed by atoms with E-state index in [9.17, 15) is 9.59 Å². The average molecular weight is 397 g/mol. The van der Waals surface area contributed by atoms with E-state index in [0.717, 1.165) is 34.1 Å². The summed E-state index contributed by atoms with van der Waals surface area (Å²) in [5.74, 6) is -0.187. The molecular weight excluding hydrogens is 374 g/mol. The Morgan fingerprint density at radius 3 is 2.53 bits per heavy atom. The van der Waals surface area contributed by atoms with Crippen LogP contribution in [0.25, 0.3) is 22.0 Å². The van der Waals surface area contributed by atoms with Crippen LogP contribution in [0.5, 0.6) is 0 Å². The van der Waals surface area contributed by atoms with Crippen molar-refractivity contribution in [2.75, 3.05) is 5.32 Å². The number of aryl methyl sites for hydroxylation is 3. The van der Waals surface area contributed by atoms with Gasteiger partial charge in [0, 0.05) is 41.1 Å². The van der Waals surface area contributed by atoms with Crippen molar-refractivity contribution in [3.8, 4) is 11.1 Å². The van der Waals surface area contributed by atoms with Gasteiger partial charge < -0.3 is 9.88 Å². The summed E-state index contributed by atoms with van der Waals surface area (Å²) in [4.78, 5) is 30.1. The molecule has 0 spiro atoms. The number of hydrogen-bond donors (Lipinski definition) is 1. The second-order valence-electron chi connectivity index (χ2n) is 7.36. The minimum Gasteiger partial charge on any atom is -0.322 e. The van der Waals surface area contributed by atoms with E-state index in [1.165, 1.54) is 0 Å². The van der Waals surface area contributed by atoms with Crippen molar-refractivity contribution in [2.45, 2.75) is 20.3 Å². The molecular formula is C25H23N3O2. The van der Waals surface area contributed by atoms with Crippen LogP contribution < -0.4 is 10.9 Å². The maximum Gasteiger partial charge on any atom is 0.258 e. The number of amides is 1. The molecule has 0 fully saturated rings. The lowest BCUT2D eigenvalue weighted by Gasteiger charge is -2.13. The molecule has 0 aliphatic heterocycles. The molecule has 1 amide bonds. The molecule has 0 aliphatic carbocycles. The molecule has 0 radical (unpaired) electrons. The first-order valence-corrected chi connectivity index (χ1v) is 9.94. The molecule has 0 saturated heterocycles. The SMILES string of the molecule is CCc1cc2c(cn1)cc(-c1cc(NC(=O)c3ccccc3)ccc1C)c(=O)n2C. The van der Waals surface area contributed by atoms with Gasteiger partial charge in [-0.3, -0.25) is 14.6 Å². The lowest BCUT2D eigenvalue weighted by molar-refractivity contribution is 0.102. The van der Waals surface area contributed by atoms with Crippen LogP contribution in [0.1, 0.15) is 28.5 Å². The number of rotatable bonds is 4. The maximum atomic E-state index is 13.1. The fourth-order valence-electron chi connectivity index (χ4n) is 3.58. The minimum absolute atomic E-state index is 0.0783. The molecule has 0 saturated carbocycles. The highest BCUT2D eigenvalue weighted by Crippen LogP contribution is 2.27. The first kappa shape index (κ1) is 19.6. The van der Waals surface area contributed by atoms with Crippen molar-refractivity contribution in [1.29, 1.82) is 0 Å². The Hall–Kier alpha value is -3.73. The molecule has 4 aromatic rings. The number of carbonyl (C=O) groups excluding carboxylic acids is 1. The lowest BCUT2D eigenvalue weighted by Crippen LogP contribution is -2.19. The third kappa shape index (κ3) is 3.62. The van der Waals surface area contributed by atoms with Crippen LogP contribution in [0.2, 0.25) is 0 Å². The largest absolute Gasteiger partial charge is 0.322 e. The van der Waals surface area contributed by atoms with Crippen LogP contribution in [-0.2, 0) is 13.5 Å². The molecule has 0 unspecified atom stereocenters. The molecule has 2 aromatic carbocycles. The standard InChI is InChI=1S/C25H23N3O2/c1-4-19-14-23-18(15-26-19)12-22(25(30)28(23)3)21-13-20(11-10-16(21)2)27-24(29)17-8-6-5-7-9-17/h5-15H,4H2,1-3H3,(H,27,29). The first-order valence-electron chi connectivity index (χ1n) is 9.94. The Morgan fingerprint density at radius 2 is 1.80 bits per heavy atom. The van der Waals surface area contributed by atoms with Gasteiger partial charge in [0.1, 0.15) is 0 Å². The zero-order valence-corrected chi connectivity index (χ0v) is 17.3. The van der Waals surface area contributed by atoms with Gasteiger partial charge in [-0.1, -0.05) is 31.2 Å². The van der Waals surface area contributed by atoms with Gasteiger partial charge in [-0.05, 0) is 60.9 Å². The van der Waals surface area contributed by atoms with Crippen molar-refractivity contribution in [3.05, 3.63) is 94.0 Å². The molecule has 5 nitrogen and oxygen atoms in total. The molecule has 4 rings (SSSR count). The number of aromatic nitrogens is 2. The van der Waals surface area contributed by atoms with Gasteiger partial charge in [-0.15, -0.1) is 0 Å². The fraction of sp³-hybridized carbons (Fsp3) is 0.160. The van der Waals surface area contributed by atoms with E-state index in [1.54, 1.807) is 23.7 Å².